The zero-order valence-electron chi connectivity index (χ0n) is 15.9. The van der Waals surface area contributed by atoms with E-state index in [4.69, 9.17) is 9.72 Å². The number of rotatable bonds is 5. The van der Waals surface area contributed by atoms with Gasteiger partial charge in [-0.05, 0) is 68.0 Å². The smallest absolute Gasteiger partial charge is 0.238 e. The van der Waals surface area contributed by atoms with Gasteiger partial charge in [0.1, 0.15) is 11.4 Å². The van der Waals surface area contributed by atoms with Crippen molar-refractivity contribution >= 4 is 11.5 Å². The summed E-state index contributed by atoms with van der Waals surface area (Å²) in [5.74, 6) is 2.11. The Labute approximate surface area is 159 Å². The van der Waals surface area contributed by atoms with Gasteiger partial charge in [-0.3, -0.25) is 0 Å². The molecule has 5 rings (SSSR count). The van der Waals surface area contributed by atoms with Crippen LogP contribution in [0.2, 0.25) is 0 Å². The maximum absolute atomic E-state index is 5.59. The number of aryl methyl sites for hydroxylation is 1. The highest BCUT2D eigenvalue weighted by molar-refractivity contribution is 5.68. The molecule has 6 nitrogen and oxygen atoms in total. The Morgan fingerprint density at radius 2 is 1.96 bits per heavy atom. The quantitative estimate of drug-likeness (QED) is 0.866. The Morgan fingerprint density at radius 3 is 2.67 bits per heavy atom. The van der Waals surface area contributed by atoms with Crippen molar-refractivity contribution in [1.29, 1.82) is 0 Å². The molecule has 1 aliphatic heterocycles. The van der Waals surface area contributed by atoms with E-state index in [2.05, 4.69) is 39.7 Å². The minimum atomic E-state index is 0.558. The molecule has 2 saturated carbocycles. The van der Waals surface area contributed by atoms with Crippen LogP contribution in [0.3, 0.4) is 0 Å². The topological polar surface area (TPSA) is 63.2 Å². The summed E-state index contributed by atoms with van der Waals surface area (Å²) >= 11 is 0. The van der Waals surface area contributed by atoms with E-state index in [1.54, 1.807) is 7.11 Å². The molecule has 138 valence electrons. The molecule has 0 saturated heterocycles. The van der Waals surface area contributed by atoms with Gasteiger partial charge in [0.15, 0.2) is 5.82 Å². The average molecular weight is 361 g/mol. The molecule has 2 fully saturated rings. The maximum Gasteiger partial charge on any atom is 0.238 e. The number of aromatic nitrogens is 3. The number of anilines is 2. The summed E-state index contributed by atoms with van der Waals surface area (Å²) in [5.41, 5.74) is 6.40. The highest BCUT2D eigenvalue weighted by atomic mass is 16.5. The van der Waals surface area contributed by atoms with E-state index in [0.717, 1.165) is 28.5 Å². The monoisotopic (exact) mass is 361 g/mol. The van der Waals surface area contributed by atoms with Crippen molar-refractivity contribution in [3.05, 3.63) is 47.3 Å². The van der Waals surface area contributed by atoms with E-state index in [9.17, 15) is 0 Å². The zero-order chi connectivity index (χ0) is 18.5. The molecule has 0 amide bonds. The number of pyridine rings is 1. The van der Waals surface area contributed by atoms with Gasteiger partial charge in [0.05, 0.1) is 12.8 Å². The number of nitrogens with zero attached hydrogens (tertiary/aromatic N) is 4. The Bertz CT molecular complexity index is 977. The van der Waals surface area contributed by atoms with Crippen molar-refractivity contribution in [3.63, 3.8) is 0 Å². The summed E-state index contributed by atoms with van der Waals surface area (Å²) in [6, 6.07) is 6.61. The van der Waals surface area contributed by atoms with Crippen LogP contribution in [0, 0.1) is 12.8 Å². The molecule has 3 heterocycles. The van der Waals surface area contributed by atoms with Gasteiger partial charge in [0.2, 0.25) is 5.88 Å². The minimum Gasteiger partial charge on any atom is -0.479 e. The highest BCUT2D eigenvalue weighted by Crippen LogP contribution is 2.47. The first-order valence-corrected chi connectivity index (χ1v) is 9.46. The van der Waals surface area contributed by atoms with Crippen molar-refractivity contribution in [1.82, 2.24) is 15.2 Å². The van der Waals surface area contributed by atoms with E-state index < -0.39 is 0 Å². The molecule has 0 radical (unpaired) electrons. The molecule has 27 heavy (non-hydrogen) atoms. The van der Waals surface area contributed by atoms with Gasteiger partial charge in [0.25, 0.3) is 0 Å². The third-order valence-electron chi connectivity index (χ3n) is 5.40. The predicted molar refractivity (Wildman–Crippen MR) is 106 cm³/mol. The second kappa shape index (κ2) is 6.08. The van der Waals surface area contributed by atoms with E-state index in [1.165, 1.54) is 30.4 Å². The molecule has 2 aromatic heterocycles. The highest BCUT2D eigenvalue weighted by Gasteiger charge is 2.35. The molecule has 1 unspecified atom stereocenters. The normalized spacial score (nSPS) is 20.6. The second-order valence-corrected chi connectivity index (χ2v) is 7.65. The van der Waals surface area contributed by atoms with Gasteiger partial charge in [0, 0.05) is 24.4 Å². The predicted octanol–water partition coefficient (Wildman–Crippen LogP) is 4.06. The van der Waals surface area contributed by atoms with Crippen LogP contribution in [-0.2, 0) is 0 Å². The van der Waals surface area contributed by atoms with Crippen molar-refractivity contribution in [2.24, 2.45) is 5.92 Å². The van der Waals surface area contributed by atoms with Crippen molar-refractivity contribution < 1.29 is 4.74 Å². The van der Waals surface area contributed by atoms with Gasteiger partial charge in [-0.15, -0.1) is 10.2 Å². The number of hydrogen-bond acceptors (Lipinski definition) is 6. The first kappa shape index (κ1) is 16.3. The average Bonchev–Trinajstić information content (AvgIpc) is 3.58. The Balaban J connectivity index is 1.46. The van der Waals surface area contributed by atoms with Crippen LogP contribution in [0.4, 0.5) is 11.5 Å². The molecule has 2 aliphatic carbocycles. The summed E-state index contributed by atoms with van der Waals surface area (Å²) in [7, 11) is 1.66. The lowest BCUT2D eigenvalue weighted by Gasteiger charge is -2.22. The molecular formula is C21H23N5O. The fraction of sp³-hybridized carbons (Fsp3) is 0.381. The minimum absolute atomic E-state index is 0.558. The maximum atomic E-state index is 5.59. The first-order valence-electron chi connectivity index (χ1n) is 9.46. The van der Waals surface area contributed by atoms with E-state index in [0.29, 0.717) is 17.8 Å². The largest absolute Gasteiger partial charge is 0.479 e. The molecule has 3 aliphatic rings. The first-order chi connectivity index (χ1) is 13.1. The SMILES string of the molecule is COc1nc(-c2cc(C)c(NC3CC3)nn2)ccc1N1C=C(C)C2CC2=C1. The molecule has 1 atom stereocenters. The molecule has 0 bridgehead atoms. The van der Waals surface area contributed by atoms with Crippen LogP contribution in [0.25, 0.3) is 11.4 Å². The lowest BCUT2D eigenvalue weighted by atomic mass is 10.1. The summed E-state index contributed by atoms with van der Waals surface area (Å²) in [6.07, 6.45) is 7.96. The lowest BCUT2D eigenvalue weighted by molar-refractivity contribution is 0.399. The molecular weight excluding hydrogens is 338 g/mol. The fourth-order valence-electron chi connectivity index (χ4n) is 3.53. The Hall–Kier alpha value is -2.89. The van der Waals surface area contributed by atoms with Gasteiger partial charge in [-0.25, -0.2) is 4.98 Å². The van der Waals surface area contributed by atoms with Gasteiger partial charge >= 0.3 is 0 Å². The molecule has 2 aromatic rings. The molecule has 6 heteroatoms. The van der Waals surface area contributed by atoms with Crippen LogP contribution in [0.1, 0.15) is 31.7 Å². The number of fused-ring (bicyclic) bond motifs is 1. The summed E-state index contributed by atoms with van der Waals surface area (Å²) in [4.78, 5) is 6.81. The standard InChI is InChI=1S/C21H23N5O/c1-12-8-18(24-25-20(12)22-15-4-5-15)17-6-7-19(21(23-17)27-3)26-10-13(2)16-9-14(16)11-26/h6-8,10-11,15-16H,4-5,9H2,1-3H3,(H,22,25). The third-order valence-corrected chi connectivity index (χ3v) is 5.40. The number of methoxy groups -OCH3 is 1. The third kappa shape index (κ3) is 3.05. The van der Waals surface area contributed by atoms with Gasteiger partial charge in [-0.2, -0.15) is 0 Å². The lowest BCUT2D eigenvalue weighted by Crippen LogP contribution is -2.13. The fourth-order valence-corrected chi connectivity index (χ4v) is 3.53. The van der Waals surface area contributed by atoms with E-state index in [1.807, 2.05) is 25.1 Å². The number of allylic oxidation sites excluding steroid dienone is 2. The number of nitrogens with one attached hydrogen (secondary N) is 1. The molecule has 0 spiro atoms. The van der Waals surface area contributed by atoms with Crippen molar-refractivity contribution in [2.75, 3.05) is 17.3 Å². The molecule has 1 N–H and O–H groups in total. The summed E-state index contributed by atoms with van der Waals surface area (Å²) < 4.78 is 5.59. The summed E-state index contributed by atoms with van der Waals surface area (Å²) in [6.45, 7) is 4.23. The van der Waals surface area contributed by atoms with E-state index in [-0.39, 0.29) is 0 Å². The Morgan fingerprint density at radius 1 is 1.11 bits per heavy atom. The Kier molecular flexibility index (Phi) is 3.67. The zero-order valence-corrected chi connectivity index (χ0v) is 15.9. The second-order valence-electron chi connectivity index (χ2n) is 7.65. The van der Waals surface area contributed by atoms with E-state index >= 15 is 0 Å². The number of ether oxygens (including phenoxy) is 1. The molecule has 0 aromatic carbocycles. The van der Waals surface area contributed by atoms with Gasteiger partial charge < -0.3 is 15.0 Å². The van der Waals surface area contributed by atoms with Crippen LogP contribution >= 0.6 is 0 Å². The van der Waals surface area contributed by atoms with Crippen molar-refractivity contribution in [2.45, 2.75) is 39.2 Å². The van der Waals surface area contributed by atoms with Crippen LogP contribution in [0.5, 0.6) is 5.88 Å². The van der Waals surface area contributed by atoms with Crippen molar-refractivity contribution in [3.8, 4) is 17.3 Å². The number of hydrogen-bond donors (Lipinski definition) is 1. The van der Waals surface area contributed by atoms with Crippen LogP contribution in [-0.4, -0.2) is 28.3 Å². The van der Waals surface area contributed by atoms with Gasteiger partial charge in [-0.1, -0.05) is 0 Å². The van der Waals surface area contributed by atoms with Crippen LogP contribution < -0.4 is 15.0 Å². The summed E-state index contributed by atoms with van der Waals surface area (Å²) in [5, 5.41) is 12.1. The van der Waals surface area contributed by atoms with Crippen LogP contribution in [0.15, 0.2) is 41.7 Å².